The summed E-state index contributed by atoms with van der Waals surface area (Å²) in [6.45, 7) is 7.76. The smallest absolute Gasteiger partial charge is 0.106 e. The molecule has 0 bridgehead atoms. The van der Waals surface area contributed by atoms with Crippen molar-refractivity contribution in [2.75, 3.05) is 37.8 Å². The van der Waals surface area contributed by atoms with Gasteiger partial charge in [-0.3, -0.25) is 5.41 Å². The van der Waals surface area contributed by atoms with Gasteiger partial charge in [0.25, 0.3) is 0 Å². The van der Waals surface area contributed by atoms with Crippen LogP contribution in [0.5, 0.6) is 0 Å². The third-order valence-corrected chi connectivity index (χ3v) is 3.46. The topological polar surface area (TPSA) is 36.3 Å². The maximum atomic E-state index is 7.88. The van der Waals surface area contributed by atoms with Gasteiger partial charge in [-0.1, -0.05) is 13.8 Å². The Kier molecular flexibility index (Phi) is 5.33. The maximum absolute atomic E-state index is 7.88. The van der Waals surface area contributed by atoms with Gasteiger partial charge in [0.05, 0.1) is 19.0 Å². The highest BCUT2D eigenvalue weighted by molar-refractivity contribution is 7.99. The second-order valence-electron chi connectivity index (χ2n) is 3.96. The Balaban J connectivity index is 2.13. The number of morpholine rings is 1. The SMILES string of the molecule is CC(C)CSCC(=N)N1CCOCC1. The predicted octanol–water partition coefficient (Wildman–Crippen LogP) is 1.69. The number of ether oxygens (including phenoxy) is 1. The van der Waals surface area contributed by atoms with Crippen LogP contribution in [0.4, 0.5) is 0 Å². The minimum Gasteiger partial charge on any atom is -0.378 e. The van der Waals surface area contributed by atoms with Crippen molar-refractivity contribution < 1.29 is 4.74 Å². The summed E-state index contributed by atoms with van der Waals surface area (Å²) in [5.41, 5.74) is 0. The van der Waals surface area contributed by atoms with Gasteiger partial charge in [0.2, 0.25) is 0 Å². The van der Waals surface area contributed by atoms with Crippen molar-refractivity contribution >= 4 is 17.6 Å². The normalized spacial score (nSPS) is 17.5. The zero-order chi connectivity index (χ0) is 10.4. The van der Waals surface area contributed by atoms with Gasteiger partial charge in [0.15, 0.2) is 0 Å². The molecule has 1 rings (SSSR count). The monoisotopic (exact) mass is 216 g/mol. The summed E-state index contributed by atoms with van der Waals surface area (Å²) in [6.07, 6.45) is 0. The molecule has 1 saturated heterocycles. The lowest BCUT2D eigenvalue weighted by atomic mass is 10.3. The van der Waals surface area contributed by atoms with Crippen LogP contribution >= 0.6 is 11.8 Å². The Morgan fingerprint density at radius 3 is 2.64 bits per heavy atom. The molecule has 0 amide bonds. The highest BCUT2D eigenvalue weighted by Crippen LogP contribution is 2.09. The molecule has 0 aromatic carbocycles. The summed E-state index contributed by atoms with van der Waals surface area (Å²) in [5, 5.41) is 7.88. The van der Waals surface area contributed by atoms with Crippen molar-refractivity contribution in [2.45, 2.75) is 13.8 Å². The molecule has 0 saturated carbocycles. The first kappa shape index (κ1) is 11.9. The number of thioether (sulfide) groups is 1. The second-order valence-corrected chi connectivity index (χ2v) is 4.99. The average molecular weight is 216 g/mol. The minimum absolute atomic E-state index is 0.720. The van der Waals surface area contributed by atoms with Crippen molar-refractivity contribution in [3.63, 3.8) is 0 Å². The number of nitrogens with zero attached hydrogens (tertiary/aromatic N) is 1. The van der Waals surface area contributed by atoms with Gasteiger partial charge in [0, 0.05) is 13.1 Å². The third kappa shape index (κ3) is 4.33. The van der Waals surface area contributed by atoms with Crippen LogP contribution in [-0.4, -0.2) is 48.5 Å². The largest absolute Gasteiger partial charge is 0.378 e. The van der Waals surface area contributed by atoms with Gasteiger partial charge in [-0.25, -0.2) is 0 Å². The first-order valence-electron chi connectivity index (χ1n) is 5.18. The Labute approximate surface area is 90.7 Å². The molecule has 1 N–H and O–H groups in total. The number of hydrogen-bond donors (Lipinski definition) is 1. The summed E-state index contributed by atoms with van der Waals surface area (Å²) < 4.78 is 5.25. The summed E-state index contributed by atoms with van der Waals surface area (Å²) in [7, 11) is 0. The summed E-state index contributed by atoms with van der Waals surface area (Å²) in [4.78, 5) is 2.12. The molecule has 1 aliphatic heterocycles. The van der Waals surface area contributed by atoms with Crippen molar-refractivity contribution in [3.8, 4) is 0 Å². The van der Waals surface area contributed by atoms with E-state index in [0.29, 0.717) is 0 Å². The fraction of sp³-hybridized carbons (Fsp3) is 0.900. The Morgan fingerprint density at radius 2 is 2.07 bits per heavy atom. The van der Waals surface area contributed by atoms with Crippen LogP contribution in [0.2, 0.25) is 0 Å². The molecule has 0 unspecified atom stereocenters. The van der Waals surface area contributed by atoms with E-state index in [2.05, 4.69) is 18.7 Å². The zero-order valence-electron chi connectivity index (χ0n) is 9.08. The van der Waals surface area contributed by atoms with E-state index in [1.165, 1.54) is 0 Å². The third-order valence-electron chi connectivity index (χ3n) is 2.08. The lowest BCUT2D eigenvalue weighted by molar-refractivity contribution is 0.0676. The highest BCUT2D eigenvalue weighted by atomic mass is 32.2. The van der Waals surface area contributed by atoms with E-state index in [4.69, 9.17) is 10.1 Å². The molecular formula is C10H20N2OS. The first-order valence-corrected chi connectivity index (χ1v) is 6.33. The zero-order valence-corrected chi connectivity index (χ0v) is 9.90. The number of amidine groups is 1. The van der Waals surface area contributed by atoms with E-state index in [-0.39, 0.29) is 0 Å². The first-order chi connectivity index (χ1) is 6.70. The number of nitrogens with one attached hydrogen (secondary N) is 1. The molecule has 0 spiro atoms. The minimum atomic E-state index is 0.720. The average Bonchev–Trinajstić information content (AvgIpc) is 2.18. The molecule has 0 aliphatic carbocycles. The van der Waals surface area contributed by atoms with Crippen LogP contribution < -0.4 is 0 Å². The van der Waals surface area contributed by atoms with E-state index in [0.717, 1.165) is 49.6 Å². The summed E-state index contributed by atoms with van der Waals surface area (Å²) in [6, 6.07) is 0. The maximum Gasteiger partial charge on any atom is 0.106 e. The van der Waals surface area contributed by atoms with Gasteiger partial charge in [-0.2, -0.15) is 11.8 Å². The van der Waals surface area contributed by atoms with E-state index >= 15 is 0 Å². The van der Waals surface area contributed by atoms with Gasteiger partial charge in [0.1, 0.15) is 5.84 Å². The number of rotatable bonds is 4. The molecule has 4 heteroatoms. The van der Waals surface area contributed by atoms with Crippen LogP contribution in [-0.2, 0) is 4.74 Å². The molecule has 1 aliphatic rings. The van der Waals surface area contributed by atoms with E-state index in [1.54, 1.807) is 0 Å². The van der Waals surface area contributed by atoms with Gasteiger partial charge < -0.3 is 9.64 Å². The van der Waals surface area contributed by atoms with Gasteiger partial charge in [-0.15, -0.1) is 0 Å². The van der Waals surface area contributed by atoms with E-state index in [1.807, 2.05) is 11.8 Å². The fourth-order valence-electron chi connectivity index (χ4n) is 1.32. The van der Waals surface area contributed by atoms with Crippen LogP contribution in [0.15, 0.2) is 0 Å². The second kappa shape index (κ2) is 6.30. The summed E-state index contributed by atoms with van der Waals surface area (Å²) >= 11 is 1.86. The Hall–Kier alpha value is -0.220. The molecule has 0 aromatic rings. The van der Waals surface area contributed by atoms with Crippen molar-refractivity contribution in [1.29, 1.82) is 5.41 Å². The summed E-state index contributed by atoms with van der Waals surface area (Å²) in [5.74, 6) is 3.47. The quantitative estimate of drug-likeness (QED) is 0.574. The Morgan fingerprint density at radius 1 is 1.43 bits per heavy atom. The van der Waals surface area contributed by atoms with Gasteiger partial charge >= 0.3 is 0 Å². The van der Waals surface area contributed by atoms with Gasteiger partial charge in [-0.05, 0) is 11.7 Å². The Bertz CT molecular complexity index is 179. The molecule has 14 heavy (non-hydrogen) atoms. The molecule has 3 nitrogen and oxygen atoms in total. The fourth-order valence-corrected chi connectivity index (χ4v) is 2.28. The molecule has 0 radical (unpaired) electrons. The van der Waals surface area contributed by atoms with Crippen molar-refractivity contribution in [2.24, 2.45) is 5.92 Å². The number of hydrogen-bond acceptors (Lipinski definition) is 3. The highest BCUT2D eigenvalue weighted by Gasteiger charge is 2.13. The van der Waals surface area contributed by atoms with Crippen molar-refractivity contribution in [1.82, 2.24) is 4.90 Å². The molecule has 0 atom stereocenters. The van der Waals surface area contributed by atoms with Crippen molar-refractivity contribution in [3.05, 3.63) is 0 Å². The van der Waals surface area contributed by atoms with Crippen LogP contribution in [0.25, 0.3) is 0 Å². The van der Waals surface area contributed by atoms with E-state index < -0.39 is 0 Å². The lowest BCUT2D eigenvalue weighted by Gasteiger charge is -2.28. The molecule has 0 aromatic heterocycles. The molecule has 1 heterocycles. The van der Waals surface area contributed by atoms with Crippen LogP contribution in [0.3, 0.4) is 0 Å². The standard InChI is InChI=1S/C10H20N2OS/c1-9(2)7-14-8-10(11)12-3-5-13-6-4-12/h9,11H,3-8H2,1-2H3. The molecule has 1 fully saturated rings. The molecule has 82 valence electrons. The predicted molar refractivity (Wildman–Crippen MR) is 62.3 cm³/mol. The van der Waals surface area contributed by atoms with E-state index in [9.17, 15) is 0 Å². The van der Waals surface area contributed by atoms with Crippen LogP contribution in [0.1, 0.15) is 13.8 Å². The van der Waals surface area contributed by atoms with Crippen LogP contribution in [0, 0.1) is 11.3 Å². The molecular weight excluding hydrogens is 196 g/mol. The lowest BCUT2D eigenvalue weighted by Crippen LogP contribution is -2.41.